The van der Waals surface area contributed by atoms with Crippen LogP contribution in [0, 0.1) is 17.8 Å². The molecule has 2 amide bonds. The Labute approximate surface area is 155 Å². The lowest BCUT2D eigenvalue weighted by atomic mass is 9.53. The van der Waals surface area contributed by atoms with Crippen molar-refractivity contribution in [2.24, 2.45) is 17.8 Å². The lowest BCUT2D eigenvalue weighted by molar-refractivity contribution is -0.127. The van der Waals surface area contributed by atoms with Gasteiger partial charge in [-0.2, -0.15) is 0 Å². The standard InChI is InChI=1S/C21H29N3O2/c1-13(22-18-3-5-19(6-4-18)23-14(2)25)20(26)24-21-10-15-7-16(11-21)9-17(8-15)12-21/h3-6,13,15-17,22H,7-12H2,1-2H3,(H,23,25)(H,24,26)/t13-,15?,16?,17?,21?/m0/s1. The molecule has 4 aliphatic carbocycles. The molecule has 4 saturated carbocycles. The smallest absolute Gasteiger partial charge is 0.242 e. The molecular weight excluding hydrogens is 326 g/mol. The van der Waals surface area contributed by atoms with Gasteiger partial charge in [-0.3, -0.25) is 9.59 Å². The first-order valence-corrected chi connectivity index (χ1v) is 9.87. The maximum Gasteiger partial charge on any atom is 0.242 e. The molecule has 1 aromatic carbocycles. The summed E-state index contributed by atoms with van der Waals surface area (Å²) in [5.74, 6) is 2.48. The average molecular weight is 355 g/mol. The molecule has 26 heavy (non-hydrogen) atoms. The van der Waals surface area contributed by atoms with Crippen LogP contribution in [0.1, 0.15) is 52.4 Å². The minimum atomic E-state index is -0.283. The summed E-state index contributed by atoms with van der Waals surface area (Å²) in [4.78, 5) is 23.9. The number of nitrogens with one attached hydrogen (secondary N) is 3. The van der Waals surface area contributed by atoms with Crippen LogP contribution in [-0.4, -0.2) is 23.4 Å². The van der Waals surface area contributed by atoms with Gasteiger partial charge in [0.25, 0.3) is 0 Å². The third-order valence-corrected chi connectivity index (χ3v) is 6.41. The van der Waals surface area contributed by atoms with E-state index in [1.54, 1.807) is 0 Å². The highest BCUT2D eigenvalue weighted by Crippen LogP contribution is 2.55. The summed E-state index contributed by atoms with van der Waals surface area (Å²) in [6.07, 6.45) is 7.64. The largest absolute Gasteiger partial charge is 0.374 e. The zero-order valence-corrected chi connectivity index (χ0v) is 15.7. The molecule has 1 atom stereocenters. The van der Waals surface area contributed by atoms with Gasteiger partial charge in [0.2, 0.25) is 11.8 Å². The van der Waals surface area contributed by atoms with Crippen LogP contribution < -0.4 is 16.0 Å². The topological polar surface area (TPSA) is 70.2 Å². The SMILES string of the molecule is CC(=O)Nc1ccc(N[C@@H](C)C(=O)NC23CC4CC(CC(C4)C2)C3)cc1. The highest BCUT2D eigenvalue weighted by Gasteiger charge is 2.51. The second-order valence-corrected chi connectivity index (χ2v) is 8.81. The quantitative estimate of drug-likeness (QED) is 0.757. The number of hydrogen-bond donors (Lipinski definition) is 3. The van der Waals surface area contributed by atoms with E-state index in [0.717, 1.165) is 29.1 Å². The molecule has 5 rings (SSSR count). The Morgan fingerprint density at radius 2 is 1.46 bits per heavy atom. The number of hydrogen-bond acceptors (Lipinski definition) is 3. The minimum absolute atomic E-state index is 0.0526. The third-order valence-electron chi connectivity index (χ3n) is 6.41. The van der Waals surface area contributed by atoms with Crippen molar-refractivity contribution in [1.29, 1.82) is 0 Å². The third kappa shape index (κ3) is 3.57. The van der Waals surface area contributed by atoms with Crippen molar-refractivity contribution in [2.75, 3.05) is 10.6 Å². The molecule has 0 heterocycles. The van der Waals surface area contributed by atoms with Crippen LogP contribution in [0.4, 0.5) is 11.4 Å². The Bertz CT molecular complexity index is 662. The predicted molar refractivity (Wildman–Crippen MR) is 103 cm³/mol. The summed E-state index contributed by atoms with van der Waals surface area (Å²) in [6.45, 7) is 3.40. The molecule has 0 radical (unpaired) electrons. The Morgan fingerprint density at radius 3 is 1.96 bits per heavy atom. The number of carbonyl (C=O) groups is 2. The second kappa shape index (κ2) is 6.60. The van der Waals surface area contributed by atoms with Crippen molar-refractivity contribution in [1.82, 2.24) is 5.32 Å². The van der Waals surface area contributed by atoms with E-state index in [0.29, 0.717) is 0 Å². The summed E-state index contributed by atoms with van der Waals surface area (Å²) in [5, 5.41) is 9.45. The van der Waals surface area contributed by atoms with E-state index < -0.39 is 0 Å². The van der Waals surface area contributed by atoms with E-state index in [2.05, 4.69) is 16.0 Å². The molecule has 5 heteroatoms. The van der Waals surface area contributed by atoms with Gasteiger partial charge in [-0.25, -0.2) is 0 Å². The fraction of sp³-hybridized carbons (Fsp3) is 0.619. The first-order chi connectivity index (χ1) is 12.4. The maximum absolute atomic E-state index is 12.8. The Hall–Kier alpha value is -2.04. The van der Waals surface area contributed by atoms with Crippen LogP contribution in [0.3, 0.4) is 0 Å². The number of carbonyl (C=O) groups excluding carboxylic acids is 2. The van der Waals surface area contributed by atoms with Gasteiger partial charge in [0, 0.05) is 23.8 Å². The number of benzene rings is 1. The van der Waals surface area contributed by atoms with E-state index in [1.807, 2.05) is 31.2 Å². The summed E-state index contributed by atoms with van der Waals surface area (Å²) in [5.41, 5.74) is 1.69. The summed E-state index contributed by atoms with van der Waals surface area (Å²) in [6, 6.07) is 7.18. The van der Waals surface area contributed by atoms with Crippen molar-refractivity contribution in [3.8, 4) is 0 Å². The Morgan fingerprint density at radius 1 is 0.962 bits per heavy atom. The molecule has 0 spiro atoms. The minimum Gasteiger partial charge on any atom is -0.374 e. The van der Waals surface area contributed by atoms with Crippen molar-refractivity contribution < 1.29 is 9.59 Å². The van der Waals surface area contributed by atoms with Gasteiger partial charge >= 0.3 is 0 Å². The summed E-state index contributed by atoms with van der Waals surface area (Å²) >= 11 is 0. The zero-order chi connectivity index (χ0) is 18.3. The van der Waals surface area contributed by atoms with E-state index in [4.69, 9.17) is 0 Å². The molecule has 0 saturated heterocycles. The van der Waals surface area contributed by atoms with Crippen LogP contribution in [0.2, 0.25) is 0 Å². The molecular formula is C21H29N3O2. The monoisotopic (exact) mass is 355 g/mol. The molecule has 4 bridgehead atoms. The van der Waals surface area contributed by atoms with Crippen molar-refractivity contribution in [2.45, 2.75) is 64.0 Å². The molecule has 4 aliphatic rings. The zero-order valence-electron chi connectivity index (χ0n) is 15.7. The van der Waals surface area contributed by atoms with Crippen LogP contribution in [0.5, 0.6) is 0 Å². The first-order valence-electron chi connectivity index (χ1n) is 9.87. The average Bonchev–Trinajstić information content (AvgIpc) is 2.54. The molecule has 140 valence electrons. The number of amides is 2. The van der Waals surface area contributed by atoms with Crippen molar-refractivity contribution >= 4 is 23.2 Å². The van der Waals surface area contributed by atoms with Crippen LogP contribution in [0.25, 0.3) is 0 Å². The van der Waals surface area contributed by atoms with E-state index in [-0.39, 0.29) is 23.4 Å². The Balaban J connectivity index is 1.35. The van der Waals surface area contributed by atoms with Crippen LogP contribution in [0.15, 0.2) is 24.3 Å². The predicted octanol–water partition coefficient (Wildman–Crippen LogP) is 3.53. The summed E-state index contributed by atoms with van der Waals surface area (Å²) in [7, 11) is 0. The summed E-state index contributed by atoms with van der Waals surface area (Å²) < 4.78 is 0. The van der Waals surface area contributed by atoms with Gasteiger partial charge in [0.1, 0.15) is 6.04 Å². The fourth-order valence-corrected chi connectivity index (χ4v) is 5.80. The van der Waals surface area contributed by atoms with Gasteiger partial charge < -0.3 is 16.0 Å². The molecule has 0 aromatic heterocycles. The maximum atomic E-state index is 12.8. The molecule has 0 unspecified atom stereocenters. The van der Waals surface area contributed by atoms with Crippen LogP contribution >= 0.6 is 0 Å². The highest BCUT2D eigenvalue weighted by atomic mass is 16.2. The van der Waals surface area contributed by atoms with E-state index >= 15 is 0 Å². The lowest BCUT2D eigenvalue weighted by Crippen LogP contribution is -2.61. The van der Waals surface area contributed by atoms with Crippen molar-refractivity contribution in [3.63, 3.8) is 0 Å². The van der Waals surface area contributed by atoms with Gasteiger partial charge in [0.15, 0.2) is 0 Å². The van der Waals surface area contributed by atoms with Gasteiger partial charge in [-0.15, -0.1) is 0 Å². The normalized spacial score (nSPS) is 32.8. The first kappa shape index (κ1) is 17.4. The van der Waals surface area contributed by atoms with E-state index in [1.165, 1.54) is 45.4 Å². The van der Waals surface area contributed by atoms with Crippen molar-refractivity contribution in [3.05, 3.63) is 24.3 Å². The highest BCUT2D eigenvalue weighted by molar-refractivity contribution is 5.89. The molecule has 3 N–H and O–H groups in total. The Kier molecular flexibility index (Phi) is 4.41. The second-order valence-electron chi connectivity index (χ2n) is 8.81. The van der Waals surface area contributed by atoms with E-state index in [9.17, 15) is 9.59 Å². The molecule has 0 aliphatic heterocycles. The fourth-order valence-electron chi connectivity index (χ4n) is 5.80. The van der Waals surface area contributed by atoms with Crippen LogP contribution in [-0.2, 0) is 9.59 Å². The van der Waals surface area contributed by atoms with Gasteiger partial charge in [-0.1, -0.05) is 0 Å². The van der Waals surface area contributed by atoms with Gasteiger partial charge in [0.05, 0.1) is 0 Å². The lowest BCUT2D eigenvalue weighted by Gasteiger charge is -2.57. The molecule has 4 fully saturated rings. The van der Waals surface area contributed by atoms with Gasteiger partial charge in [-0.05, 0) is 87.5 Å². The molecule has 5 nitrogen and oxygen atoms in total. The number of rotatable bonds is 5. The molecule has 1 aromatic rings. The number of anilines is 2.